The molecule has 0 fully saturated rings. The maximum absolute atomic E-state index is 12.2. The van der Waals surface area contributed by atoms with Crippen LogP contribution < -0.4 is 5.73 Å². The Hall–Kier alpha value is -1.42. The van der Waals surface area contributed by atoms with Crippen LogP contribution in [0.1, 0.15) is 28.4 Å². The largest absolute Gasteiger partial charge is 0.392 e. The molecule has 0 aliphatic carbocycles. The van der Waals surface area contributed by atoms with Crippen molar-refractivity contribution < 1.29 is 4.79 Å². The molecule has 4 heteroatoms. The molecule has 0 spiro atoms. The second-order valence-corrected chi connectivity index (χ2v) is 4.69. The number of hydrogen-bond acceptors (Lipinski definition) is 2. The first-order chi connectivity index (χ1) is 7.93. The molecule has 3 nitrogen and oxygen atoms in total. The van der Waals surface area contributed by atoms with E-state index in [0.29, 0.717) is 23.6 Å². The molecule has 1 aromatic rings. The lowest BCUT2D eigenvalue weighted by Crippen LogP contribution is -2.37. The van der Waals surface area contributed by atoms with Gasteiger partial charge in [0.1, 0.15) is 0 Å². The van der Waals surface area contributed by atoms with Crippen molar-refractivity contribution in [1.29, 1.82) is 0 Å². The van der Waals surface area contributed by atoms with Crippen LogP contribution in [0.3, 0.4) is 0 Å². The molecular weight excluding hydrogens is 232 g/mol. The number of benzene rings is 1. The molecule has 0 aromatic heterocycles. The van der Waals surface area contributed by atoms with Crippen molar-refractivity contribution in [2.24, 2.45) is 5.73 Å². The highest BCUT2D eigenvalue weighted by molar-refractivity contribution is 7.80. The summed E-state index contributed by atoms with van der Waals surface area (Å²) in [5.41, 5.74) is 8.34. The zero-order valence-electron chi connectivity index (χ0n) is 10.5. The van der Waals surface area contributed by atoms with E-state index in [-0.39, 0.29) is 5.91 Å². The molecule has 0 aliphatic rings. The average molecular weight is 250 g/mol. The number of rotatable bonds is 4. The van der Waals surface area contributed by atoms with Crippen LogP contribution in [0.25, 0.3) is 0 Å². The Balaban J connectivity index is 2.97. The number of amides is 1. The zero-order chi connectivity index (χ0) is 13.0. The van der Waals surface area contributed by atoms with Gasteiger partial charge < -0.3 is 10.6 Å². The molecule has 0 radical (unpaired) electrons. The highest BCUT2D eigenvalue weighted by atomic mass is 32.1. The van der Waals surface area contributed by atoms with Crippen molar-refractivity contribution in [1.82, 2.24) is 4.90 Å². The first-order valence-corrected chi connectivity index (χ1v) is 6.00. The smallest absolute Gasteiger partial charge is 0.254 e. The predicted molar refractivity (Wildman–Crippen MR) is 74.3 cm³/mol. The van der Waals surface area contributed by atoms with E-state index >= 15 is 0 Å². The van der Waals surface area contributed by atoms with Crippen molar-refractivity contribution >= 4 is 23.1 Å². The summed E-state index contributed by atoms with van der Waals surface area (Å²) in [6.07, 6.45) is 0. The number of thiocarbonyl (C=S) groups is 1. The molecular formula is C13H18N2OS. The first kappa shape index (κ1) is 13.6. The number of carbonyl (C=O) groups excluding carboxylic acids is 1. The third-order valence-electron chi connectivity index (χ3n) is 2.48. The summed E-state index contributed by atoms with van der Waals surface area (Å²) in [5, 5.41) is 0. The van der Waals surface area contributed by atoms with E-state index in [9.17, 15) is 4.79 Å². The quantitative estimate of drug-likeness (QED) is 0.832. The molecule has 17 heavy (non-hydrogen) atoms. The minimum Gasteiger partial charge on any atom is -0.392 e. The van der Waals surface area contributed by atoms with Crippen molar-refractivity contribution in [3.63, 3.8) is 0 Å². The Bertz CT molecular complexity index is 423. The molecule has 0 unspecified atom stereocenters. The fraction of sp³-hybridized carbons (Fsp3) is 0.385. The van der Waals surface area contributed by atoms with Gasteiger partial charge >= 0.3 is 0 Å². The Morgan fingerprint density at radius 1 is 1.29 bits per heavy atom. The zero-order valence-corrected chi connectivity index (χ0v) is 11.3. The van der Waals surface area contributed by atoms with E-state index in [2.05, 4.69) is 0 Å². The number of likely N-dealkylation sites (N-methyl/N-ethyl adjacent to an activating group) is 1. The van der Waals surface area contributed by atoms with Crippen molar-refractivity contribution in [3.05, 3.63) is 34.9 Å². The van der Waals surface area contributed by atoms with E-state index in [1.807, 2.05) is 39.0 Å². The third-order valence-corrected chi connectivity index (χ3v) is 2.61. The van der Waals surface area contributed by atoms with Crippen LogP contribution in [0.5, 0.6) is 0 Å². The van der Waals surface area contributed by atoms with Gasteiger partial charge in [0.05, 0.1) is 11.5 Å². The summed E-state index contributed by atoms with van der Waals surface area (Å²) in [6, 6.07) is 5.82. The van der Waals surface area contributed by atoms with Gasteiger partial charge in [0.15, 0.2) is 0 Å². The van der Waals surface area contributed by atoms with Crippen LogP contribution >= 0.6 is 12.2 Å². The summed E-state index contributed by atoms with van der Waals surface area (Å²) >= 11 is 4.84. The highest BCUT2D eigenvalue weighted by Crippen LogP contribution is 2.11. The number of nitrogens with zero attached hydrogens (tertiary/aromatic N) is 1. The summed E-state index contributed by atoms with van der Waals surface area (Å²) < 4.78 is 0. The molecule has 1 aromatic carbocycles. The van der Waals surface area contributed by atoms with E-state index in [0.717, 1.165) is 11.1 Å². The summed E-state index contributed by atoms with van der Waals surface area (Å²) in [6.45, 7) is 6.81. The van der Waals surface area contributed by atoms with Crippen LogP contribution in [0, 0.1) is 13.8 Å². The van der Waals surface area contributed by atoms with Crippen molar-refractivity contribution in [2.75, 3.05) is 13.1 Å². The fourth-order valence-corrected chi connectivity index (χ4v) is 1.95. The lowest BCUT2D eigenvalue weighted by molar-refractivity contribution is 0.0787. The summed E-state index contributed by atoms with van der Waals surface area (Å²) in [4.78, 5) is 14.2. The van der Waals surface area contributed by atoms with Gasteiger partial charge in [-0.25, -0.2) is 0 Å². The Labute approximate surface area is 108 Å². The third kappa shape index (κ3) is 3.82. The SMILES string of the molecule is CCN(CC(N)=S)C(=O)c1cc(C)cc(C)c1. The topological polar surface area (TPSA) is 46.3 Å². The molecule has 1 amide bonds. The first-order valence-electron chi connectivity index (χ1n) is 5.60. The van der Waals surface area contributed by atoms with Crippen LogP contribution in [0.4, 0.5) is 0 Å². The van der Waals surface area contributed by atoms with Crippen LogP contribution in [0.2, 0.25) is 0 Å². The minimum atomic E-state index is -0.0212. The fourth-order valence-electron chi connectivity index (χ4n) is 1.80. The molecule has 0 aliphatic heterocycles. The predicted octanol–water partition coefficient (Wildman–Crippen LogP) is 2.05. The van der Waals surface area contributed by atoms with Gasteiger partial charge in [-0.3, -0.25) is 4.79 Å². The number of aryl methyl sites for hydroxylation is 2. The van der Waals surface area contributed by atoms with E-state index in [1.165, 1.54) is 0 Å². The van der Waals surface area contributed by atoms with Gasteiger partial charge in [0, 0.05) is 12.1 Å². The van der Waals surface area contributed by atoms with Crippen molar-refractivity contribution in [2.45, 2.75) is 20.8 Å². The summed E-state index contributed by atoms with van der Waals surface area (Å²) in [7, 11) is 0. The Morgan fingerprint density at radius 2 is 1.82 bits per heavy atom. The Morgan fingerprint density at radius 3 is 2.24 bits per heavy atom. The number of hydrogen-bond donors (Lipinski definition) is 1. The second-order valence-electron chi connectivity index (χ2n) is 4.16. The average Bonchev–Trinajstić information content (AvgIpc) is 2.23. The van der Waals surface area contributed by atoms with Gasteiger partial charge in [-0.1, -0.05) is 29.4 Å². The molecule has 0 saturated heterocycles. The lowest BCUT2D eigenvalue weighted by Gasteiger charge is -2.20. The molecule has 0 saturated carbocycles. The van der Waals surface area contributed by atoms with Crippen molar-refractivity contribution in [3.8, 4) is 0 Å². The molecule has 92 valence electrons. The standard InChI is InChI=1S/C13H18N2OS/c1-4-15(8-12(14)17)13(16)11-6-9(2)5-10(3)7-11/h5-7H,4,8H2,1-3H3,(H2,14,17). The van der Waals surface area contributed by atoms with Gasteiger partial charge in [-0.2, -0.15) is 0 Å². The number of nitrogens with two attached hydrogens (primary N) is 1. The van der Waals surface area contributed by atoms with Gasteiger partial charge in [0.2, 0.25) is 0 Å². The molecule has 0 bridgehead atoms. The van der Waals surface area contributed by atoms with Crippen LogP contribution in [-0.2, 0) is 0 Å². The summed E-state index contributed by atoms with van der Waals surface area (Å²) in [5.74, 6) is -0.0212. The monoisotopic (exact) mass is 250 g/mol. The maximum Gasteiger partial charge on any atom is 0.254 e. The van der Waals surface area contributed by atoms with E-state index < -0.39 is 0 Å². The maximum atomic E-state index is 12.2. The molecule has 2 N–H and O–H groups in total. The van der Waals surface area contributed by atoms with E-state index in [1.54, 1.807) is 4.90 Å². The van der Waals surface area contributed by atoms with E-state index in [4.69, 9.17) is 18.0 Å². The minimum absolute atomic E-state index is 0.0212. The van der Waals surface area contributed by atoms with Crippen LogP contribution in [-0.4, -0.2) is 28.9 Å². The number of carbonyl (C=O) groups is 1. The highest BCUT2D eigenvalue weighted by Gasteiger charge is 2.15. The van der Waals surface area contributed by atoms with Crippen LogP contribution in [0.15, 0.2) is 18.2 Å². The van der Waals surface area contributed by atoms with Gasteiger partial charge in [-0.15, -0.1) is 0 Å². The lowest BCUT2D eigenvalue weighted by atomic mass is 10.1. The van der Waals surface area contributed by atoms with Gasteiger partial charge in [-0.05, 0) is 32.9 Å². The molecule has 0 heterocycles. The second kappa shape index (κ2) is 5.77. The van der Waals surface area contributed by atoms with Gasteiger partial charge in [0.25, 0.3) is 5.91 Å². The normalized spacial score (nSPS) is 10.1. The molecule has 1 rings (SSSR count). The molecule has 0 atom stereocenters. The Kier molecular flexibility index (Phi) is 4.63.